The van der Waals surface area contributed by atoms with Crippen LogP contribution in [0, 0.1) is 17.2 Å². The molecule has 0 aromatic carbocycles. The minimum absolute atomic E-state index is 0.156. The summed E-state index contributed by atoms with van der Waals surface area (Å²) in [6, 6.07) is 5.45. The van der Waals surface area contributed by atoms with E-state index in [-0.39, 0.29) is 12.1 Å². The van der Waals surface area contributed by atoms with E-state index in [1.54, 1.807) is 6.07 Å². The minimum Gasteiger partial charge on any atom is -0.449 e. The Balaban J connectivity index is 1.96. The lowest BCUT2D eigenvalue weighted by atomic mass is 9.77. The monoisotopic (exact) mass is 248 g/mol. The second kappa shape index (κ2) is 5.55. The number of nitrogens with zero attached hydrogens (tertiary/aromatic N) is 1. The topological polar surface area (TPSA) is 69.2 Å². The van der Waals surface area contributed by atoms with Gasteiger partial charge in [0.15, 0.2) is 0 Å². The number of hydrogen-bond acceptors (Lipinski definition) is 4. The molecule has 1 aromatic heterocycles. The fraction of sp³-hybridized carbons (Fsp3) is 0.643. The molecular weight excluding hydrogens is 228 g/mol. The maximum Gasteiger partial charge on any atom is 0.203 e. The van der Waals surface area contributed by atoms with Crippen molar-refractivity contribution in [1.29, 1.82) is 5.26 Å². The van der Waals surface area contributed by atoms with Gasteiger partial charge in [0, 0.05) is 5.54 Å². The summed E-state index contributed by atoms with van der Waals surface area (Å²) in [5.74, 6) is 1.73. The summed E-state index contributed by atoms with van der Waals surface area (Å²) in [5, 5.41) is 21.8. The molecule has 2 unspecified atom stereocenters. The molecule has 0 saturated heterocycles. The summed E-state index contributed by atoms with van der Waals surface area (Å²) in [6.07, 6.45) is 4.38. The maximum absolute atomic E-state index is 9.64. The van der Waals surface area contributed by atoms with Gasteiger partial charge in [0.1, 0.15) is 11.8 Å². The van der Waals surface area contributed by atoms with Crippen LogP contribution in [0.15, 0.2) is 16.5 Å². The Morgan fingerprint density at radius 2 is 2.44 bits per heavy atom. The van der Waals surface area contributed by atoms with Gasteiger partial charge in [-0.25, -0.2) is 0 Å². The normalized spacial score (nSPS) is 27.9. The van der Waals surface area contributed by atoms with Crippen LogP contribution in [-0.2, 0) is 6.54 Å². The van der Waals surface area contributed by atoms with E-state index in [4.69, 9.17) is 9.68 Å². The van der Waals surface area contributed by atoms with Gasteiger partial charge >= 0.3 is 0 Å². The molecule has 1 aliphatic rings. The summed E-state index contributed by atoms with van der Waals surface area (Å²) in [7, 11) is 0. The molecule has 0 bridgehead atoms. The highest BCUT2D eigenvalue weighted by Gasteiger charge is 2.33. The molecule has 2 rings (SSSR count). The predicted octanol–water partition coefficient (Wildman–Crippen LogP) is 2.18. The van der Waals surface area contributed by atoms with Crippen molar-refractivity contribution < 1.29 is 9.52 Å². The van der Waals surface area contributed by atoms with E-state index >= 15 is 0 Å². The van der Waals surface area contributed by atoms with Gasteiger partial charge in [-0.15, -0.1) is 0 Å². The highest BCUT2D eigenvalue weighted by Crippen LogP contribution is 2.32. The molecule has 0 spiro atoms. The van der Waals surface area contributed by atoms with Crippen molar-refractivity contribution in [3.05, 3.63) is 23.7 Å². The molecule has 2 atom stereocenters. The highest BCUT2D eigenvalue weighted by molar-refractivity contribution is 5.19. The lowest BCUT2D eigenvalue weighted by molar-refractivity contribution is 0.0963. The molecule has 98 valence electrons. The van der Waals surface area contributed by atoms with Crippen LogP contribution in [0.2, 0.25) is 0 Å². The van der Waals surface area contributed by atoms with Crippen molar-refractivity contribution in [1.82, 2.24) is 5.32 Å². The van der Waals surface area contributed by atoms with E-state index in [9.17, 15) is 5.11 Å². The van der Waals surface area contributed by atoms with Crippen LogP contribution in [0.4, 0.5) is 0 Å². The zero-order valence-electron chi connectivity index (χ0n) is 10.8. The molecule has 1 heterocycles. The second-order valence-electron chi connectivity index (χ2n) is 5.37. The molecule has 0 radical (unpaired) electrons. The Morgan fingerprint density at radius 1 is 1.61 bits per heavy atom. The van der Waals surface area contributed by atoms with Crippen molar-refractivity contribution in [3.8, 4) is 6.07 Å². The zero-order valence-corrected chi connectivity index (χ0v) is 10.8. The molecule has 1 aromatic rings. The summed E-state index contributed by atoms with van der Waals surface area (Å²) in [4.78, 5) is 0. The number of hydrogen-bond donors (Lipinski definition) is 2. The predicted molar refractivity (Wildman–Crippen MR) is 67.7 cm³/mol. The van der Waals surface area contributed by atoms with Gasteiger partial charge in [-0.2, -0.15) is 5.26 Å². The van der Waals surface area contributed by atoms with Crippen LogP contribution < -0.4 is 5.32 Å². The Morgan fingerprint density at radius 3 is 3.06 bits per heavy atom. The van der Waals surface area contributed by atoms with E-state index < -0.39 is 0 Å². The molecule has 18 heavy (non-hydrogen) atoms. The first-order valence-electron chi connectivity index (χ1n) is 6.52. The van der Waals surface area contributed by atoms with Gasteiger partial charge in [0.05, 0.1) is 13.2 Å². The smallest absolute Gasteiger partial charge is 0.203 e. The number of aliphatic hydroxyl groups is 1. The SMILES string of the molecule is CC1CCCC(CO)(NCc2ccc(C#N)o2)C1. The third-order valence-electron chi connectivity index (χ3n) is 3.80. The van der Waals surface area contributed by atoms with Gasteiger partial charge < -0.3 is 14.8 Å². The molecule has 0 amide bonds. The van der Waals surface area contributed by atoms with Crippen molar-refractivity contribution in [2.24, 2.45) is 5.92 Å². The summed E-state index contributed by atoms with van der Waals surface area (Å²) in [5.41, 5.74) is -0.183. The average molecular weight is 248 g/mol. The average Bonchev–Trinajstić information content (AvgIpc) is 2.84. The van der Waals surface area contributed by atoms with Gasteiger partial charge in [-0.3, -0.25) is 0 Å². The number of nitrogens with one attached hydrogen (secondary N) is 1. The second-order valence-corrected chi connectivity index (χ2v) is 5.37. The van der Waals surface area contributed by atoms with Crippen molar-refractivity contribution in [3.63, 3.8) is 0 Å². The summed E-state index contributed by atoms with van der Waals surface area (Å²) >= 11 is 0. The van der Waals surface area contributed by atoms with E-state index in [1.807, 2.05) is 12.1 Å². The van der Waals surface area contributed by atoms with Crippen molar-refractivity contribution >= 4 is 0 Å². The van der Waals surface area contributed by atoms with Crippen LogP contribution in [0.1, 0.15) is 44.1 Å². The van der Waals surface area contributed by atoms with Gasteiger partial charge in [0.25, 0.3) is 0 Å². The number of furan rings is 1. The largest absolute Gasteiger partial charge is 0.449 e. The Labute approximate surface area is 108 Å². The highest BCUT2D eigenvalue weighted by atomic mass is 16.3. The first-order valence-corrected chi connectivity index (χ1v) is 6.52. The Bertz CT molecular complexity index is 435. The number of aliphatic hydroxyl groups excluding tert-OH is 1. The van der Waals surface area contributed by atoms with E-state index in [1.165, 1.54) is 6.42 Å². The molecule has 4 nitrogen and oxygen atoms in total. The van der Waals surface area contributed by atoms with Crippen LogP contribution >= 0.6 is 0 Å². The quantitative estimate of drug-likeness (QED) is 0.857. The number of rotatable bonds is 4. The summed E-state index contributed by atoms with van der Waals surface area (Å²) < 4.78 is 5.33. The van der Waals surface area contributed by atoms with Crippen molar-refractivity contribution in [2.45, 2.75) is 44.7 Å². The first kappa shape index (κ1) is 13.1. The molecule has 4 heteroatoms. The van der Waals surface area contributed by atoms with Crippen molar-refractivity contribution in [2.75, 3.05) is 6.61 Å². The van der Waals surface area contributed by atoms with Gasteiger partial charge in [-0.05, 0) is 30.9 Å². The van der Waals surface area contributed by atoms with E-state index in [0.29, 0.717) is 18.2 Å². The third kappa shape index (κ3) is 2.92. The van der Waals surface area contributed by atoms with Crippen LogP contribution in [-0.4, -0.2) is 17.3 Å². The fourth-order valence-electron chi connectivity index (χ4n) is 2.83. The minimum atomic E-state index is -0.183. The standard InChI is InChI=1S/C14H20N2O2/c1-11-3-2-6-14(7-11,10-17)16-9-13-5-4-12(8-15)18-13/h4-5,11,16-17H,2-3,6-7,9-10H2,1H3. The van der Waals surface area contributed by atoms with Gasteiger partial charge in [0.2, 0.25) is 5.76 Å². The molecule has 0 aliphatic heterocycles. The van der Waals surface area contributed by atoms with Gasteiger partial charge in [-0.1, -0.05) is 19.8 Å². The molecule has 1 aliphatic carbocycles. The Kier molecular flexibility index (Phi) is 4.05. The van der Waals surface area contributed by atoms with E-state index in [0.717, 1.165) is 25.0 Å². The third-order valence-corrected chi connectivity index (χ3v) is 3.80. The van der Waals surface area contributed by atoms with Crippen LogP contribution in [0.25, 0.3) is 0 Å². The summed E-state index contributed by atoms with van der Waals surface area (Å²) in [6.45, 7) is 2.95. The maximum atomic E-state index is 9.64. The number of nitriles is 1. The molecular formula is C14H20N2O2. The van der Waals surface area contributed by atoms with E-state index in [2.05, 4.69) is 12.2 Å². The lowest BCUT2D eigenvalue weighted by Gasteiger charge is -2.39. The molecule has 1 fully saturated rings. The zero-order chi connectivity index (χ0) is 13.0. The lowest BCUT2D eigenvalue weighted by Crippen LogP contribution is -2.51. The fourth-order valence-corrected chi connectivity index (χ4v) is 2.83. The van der Waals surface area contributed by atoms with Crippen LogP contribution in [0.5, 0.6) is 0 Å². The van der Waals surface area contributed by atoms with Crippen LogP contribution in [0.3, 0.4) is 0 Å². The first-order chi connectivity index (χ1) is 8.67. The molecule has 1 saturated carbocycles. The Hall–Kier alpha value is -1.31. The molecule has 2 N–H and O–H groups in total.